The third-order valence-electron chi connectivity index (χ3n) is 4.29. The highest BCUT2D eigenvalue weighted by molar-refractivity contribution is 5.95. The lowest BCUT2D eigenvalue weighted by molar-refractivity contribution is -0.146. The molecule has 0 atom stereocenters. The number of hydrogen-bond donors (Lipinski definition) is 0. The number of carbonyl (C=O) groups excluding carboxylic acids is 1. The van der Waals surface area contributed by atoms with E-state index in [1.165, 1.54) is 5.06 Å². The van der Waals surface area contributed by atoms with Gasteiger partial charge in [0.05, 0.1) is 19.8 Å². The van der Waals surface area contributed by atoms with Crippen molar-refractivity contribution in [1.82, 2.24) is 5.06 Å². The molecule has 26 heavy (non-hydrogen) atoms. The Morgan fingerprint density at radius 2 is 1.92 bits per heavy atom. The van der Waals surface area contributed by atoms with Gasteiger partial charge in [-0.1, -0.05) is 18.2 Å². The number of benzene rings is 2. The van der Waals surface area contributed by atoms with Crippen LogP contribution in [0.1, 0.15) is 40.9 Å². The van der Waals surface area contributed by atoms with Crippen molar-refractivity contribution in [3.63, 3.8) is 0 Å². The number of halogens is 1. The van der Waals surface area contributed by atoms with Gasteiger partial charge in [0, 0.05) is 5.56 Å². The molecule has 0 aliphatic carbocycles. The molecule has 2 aromatic carbocycles. The van der Waals surface area contributed by atoms with Crippen LogP contribution in [0.5, 0.6) is 11.5 Å². The second-order valence-electron chi connectivity index (χ2n) is 5.94. The molecule has 0 N–H and O–H groups in total. The number of hydroxylamine groups is 2. The van der Waals surface area contributed by atoms with E-state index in [9.17, 15) is 9.18 Å². The highest BCUT2D eigenvalue weighted by Crippen LogP contribution is 2.36. The summed E-state index contributed by atoms with van der Waals surface area (Å²) in [5.41, 5.74) is 2.47. The van der Waals surface area contributed by atoms with Crippen molar-refractivity contribution in [1.29, 1.82) is 0 Å². The highest BCUT2D eigenvalue weighted by atomic mass is 19.1. The third-order valence-corrected chi connectivity index (χ3v) is 4.29. The third kappa shape index (κ3) is 3.37. The van der Waals surface area contributed by atoms with Gasteiger partial charge in [0.15, 0.2) is 17.3 Å². The minimum Gasteiger partial charge on any atom is -0.490 e. The predicted octanol–water partition coefficient (Wildman–Crippen LogP) is 4.02. The van der Waals surface area contributed by atoms with Crippen LogP contribution in [0.4, 0.5) is 4.39 Å². The van der Waals surface area contributed by atoms with Crippen LogP contribution >= 0.6 is 0 Å². The first-order valence-electron chi connectivity index (χ1n) is 8.67. The van der Waals surface area contributed by atoms with E-state index in [2.05, 4.69) is 0 Å². The van der Waals surface area contributed by atoms with E-state index in [1.54, 1.807) is 26.0 Å². The van der Waals surface area contributed by atoms with Crippen molar-refractivity contribution in [2.75, 3.05) is 13.2 Å². The molecule has 138 valence electrons. The number of ether oxygens (including phenoxy) is 2. The van der Waals surface area contributed by atoms with Crippen molar-refractivity contribution in [3.05, 3.63) is 58.4 Å². The summed E-state index contributed by atoms with van der Waals surface area (Å²) in [7, 11) is 0. The molecule has 0 saturated heterocycles. The Balaban J connectivity index is 1.92. The van der Waals surface area contributed by atoms with Gasteiger partial charge in [-0.05, 0) is 49.6 Å². The summed E-state index contributed by atoms with van der Waals surface area (Å²) in [6.07, 6.45) is 0. The molecule has 2 aromatic rings. The fourth-order valence-corrected chi connectivity index (χ4v) is 2.92. The molecule has 0 bridgehead atoms. The zero-order valence-corrected chi connectivity index (χ0v) is 15.2. The molecule has 5 nitrogen and oxygen atoms in total. The Morgan fingerprint density at radius 3 is 2.65 bits per heavy atom. The Morgan fingerprint density at radius 1 is 1.19 bits per heavy atom. The van der Waals surface area contributed by atoms with Gasteiger partial charge < -0.3 is 9.47 Å². The Hall–Kier alpha value is -2.60. The molecule has 1 amide bonds. The van der Waals surface area contributed by atoms with E-state index in [-0.39, 0.29) is 18.2 Å². The van der Waals surface area contributed by atoms with Gasteiger partial charge in [-0.3, -0.25) is 9.63 Å². The quantitative estimate of drug-likeness (QED) is 0.782. The first kappa shape index (κ1) is 18.2. The summed E-state index contributed by atoms with van der Waals surface area (Å²) in [4.78, 5) is 18.2. The first-order chi connectivity index (χ1) is 12.6. The zero-order valence-electron chi connectivity index (χ0n) is 15.2. The molecular weight excluding hydrogens is 337 g/mol. The lowest BCUT2D eigenvalue weighted by Gasteiger charge is -2.28. The molecule has 0 aromatic heterocycles. The highest BCUT2D eigenvalue weighted by Gasteiger charge is 2.27. The topological polar surface area (TPSA) is 48.0 Å². The van der Waals surface area contributed by atoms with E-state index in [4.69, 9.17) is 14.3 Å². The van der Waals surface area contributed by atoms with Crippen molar-refractivity contribution in [3.8, 4) is 11.5 Å². The molecule has 6 heteroatoms. The average Bonchev–Trinajstić information content (AvgIpc) is 2.65. The molecule has 0 fully saturated rings. The fraction of sp³-hybridized carbons (Fsp3) is 0.350. The Labute approximate surface area is 152 Å². The van der Waals surface area contributed by atoms with Gasteiger partial charge in [-0.15, -0.1) is 0 Å². The van der Waals surface area contributed by atoms with Crippen LogP contribution in [0, 0.1) is 12.7 Å². The molecule has 0 saturated carbocycles. The maximum Gasteiger partial charge on any atom is 0.278 e. The van der Waals surface area contributed by atoms with Gasteiger partial charge in [-0.2, -0.15) is 0 Å². The SMILES string of the molecule is CCOc1cc(CN2OCc3ccccc3C2=O)c(C)c(F)c1OCC. The van der Waals surface area contributed by atoms with Crippen LogP contribution < -0.4 is 9.47 Å². The minimum absolute atomic E-state index is 0.104. The molecular formula is C20H22FNO4. The number of nitrogens with zero attached hydrogens (tertiary/aromatic N) is 1. The van der Waals surface area contributed by atoms with Crippen molar-refractivity contribution >= 4 is 5.91 Å². The summed E-state index contributed by atoms with van der Waals surface area (Å²) in [6.45, 7) is 6.42. The van der Waals surface area contributed by atoms with E-state index in [0.717, 1.165) is 5.56 Å². The van der Waals surface area contributed by atoms with Gasteiger partial charge in [0.2, 0.25) is 0 Å². The summed E-state index contributed by atoms with van der Waals surface area (Å²) in [5, 5.41) is 1.26. The number of rotatable bonds is 6. The molecule has 1 heterocycles. The summed E-state index contributed by atoms with van der Waals surface area (Å²) < 4.78 is 25.7. The molecule has 3 rings (SSSR count). The van der Waals surface area contributed by atoms with Crippen molar-refractivity contribution in [2.45, 2.75) is 33.9 Å². The number of hydrogen-bond acceptors (Lipinski definition) is 4. The Kier molecular flexibility index (Phi) is 5.42. The average molecular weight is 359 g/mol. The van der Waals surface area contributed by atoms with E-state index >= 15 is 0 Å². The monoisotopic (exact) mass is 359 g/mol. The van der Waals surface area contributed by atoms with Crippen molar-refractivity contribution < 1.29 is 23.5 Å². The van der Waals surface area contributed by atoms with Gasteiger partial charge in [0.1, 0.15) is 6.61 Å². The normalized spacial score (nSPS) is 13.5. The van der Waals surface area contributed by atoms with Crippen LogP contribution in [-0.2, 0) is 18.0 Å². The number of amides is 1. The van der Waals surface area contributed by atoms with E-state index < -0.39 is 5.82 Å². The molecule has 0 spiro atoms. The van der Waals surface area contributed by atoms with Gasteiger partial charge >= 0.3 is 0 Å². The second kappa shape index (κ2) is 7.74. The smallest absolute Gasteiger partial charge is 0.278 e. The maximum atomic E-state index is 14.8. The van der Waals surface area contributed by atoms with Crippen LogP contribution in [0.3, 0.4) is 0 Å². The lowest BCUT2D eigenvalue weighted by atomic mass is 10.0. The Bertz CT molecular complexity index is 822. The zero-order chi connectivity index (χ0) is 18.7. The van der Waals surface area contributed by atoms with E-state index in [1.807, 2.05) is 25.1 Å². The van der Waals surface area contributed by atoms with Gasteiger partial charge in [-0.25, -0.2) is 9.45 Å². The second-order valence-corrected chi connectivity index (χ2v) is 5.94. The standard InChI is InChI=1S/C20H22FNO4/c1-4-24-17-10-15(13(3)18(21)19(17)25-5-2)11-22-20(23)16-9-7-6-8-14(16)12-26-22/h6-10H,4-5,11-12H2,1-3H3. The van der Waals surface area contributed by atoms with Crippen LogP contribution in [0.25, 0.3) is 0 Å². The summed E-state index contributed by atoms with van der Waals surface area (Å²) in [6, 6.07) is 9.02. The van der Waals surface area contributed by atoms with Crippen LogP contribution in [0.15, 0.2) is 30.3 Å². The fourth-order valence-electron chi connectivity index (χ4n) is 2.92. The molecule has 1 aliphatic rings. The summed E-state index contributed by atoms with van der Waals surface area (Å²) in [5.74, 6) is -0.277. The van der Waals surface area contributed by atoms with Crippen LogP contribution in [0.2, 0.25) is 0 Å². The predicted molar refractivity (Wildman–Crippen MR) is 94.6 cm³/mol. The first-order valence-corrected chi connectivity index (χ1v) is 8.67. The van der Waals surface area contributed by atoms with Crippen molar-refractivity contribution in [2.24, 2.45) is 0 Å². The minimum atomic E-state index is -0.474. The van der Waals surface area contributed by atoms with E-state index in [0.29, 0.717) is 42.3 Å². The van der Waals surface area contributed by atoms with Crippen LogP contribution in [-0.4, -0.2) is 24.2 Å². The lowest BCUT2D eigenvalue weighted by Crippen LogP contribution is -2.35. The largest absolute Gasteiger partial charge is 0.490 e. The number of fused-ring (bicyclic) bond motifs is 1. The summed E-state index contributed by atoms with van der Waals surface area (Å²) >= 11 is 0. The number of carbonyl (C=O) groups is 1. The van der Waals surface area contributed by atoms with Gasteiger partial charge in [0.25, 0.3) is 5.91 Å². The molecule has 0 unspecified atom stereocenters. The molecule has 0 radical (unpaired) electrons. The maximum absolute atomic E-state index is 14.8. The molecule has 1 aliphatic heterocycles.